The van der Waals surface area contributed by atoms with Gasteiger partial charge in [-0.1, -0.05) is 0 Å². The van der Waals surface area contributed by atoms with Crippen molar-refractivity contribution in [1.82, 2.24) is 5.32 Å². The SMILES string of the molecule is COc1ccc(C(F)(F)F)c([C@]23CNC(CO2)C3)c1. The Hall–Kier alpha value is -1.27. The van der Waals surface area contributed by atoms with Crippen molar-refractivity contribution in [1.29, 1.82) is 0 Å². The second-order valence-electron chi connectivity index (χ2n) is 5.00. The van der Waals surface area contributed by atoms with Crippen LogP contribution < -0.4 is 10.1 Å². The maximum Gasteiger partial charge on any atom is 0.416 e. The van der Waals surface area contributed by atoms with Crippen molar-refractivity contribution in [2.45, 2.75) is 24.2 Å². The van der Waals surface area contributed by atoms with Gasteiger partial charge in [-0.05, 0) is 24.6 Å². The second-order valence-corrected chi connectivity index (χ2v) is 5.00. The smallest absolute Gasteiger partial charge is 0.416 e. The zero-order valence-corrected chi connectivity index (χ0v) is 10.4. The van der Waals surface area contributed by atoms with Crippen molar-refractivity contribution in [2.24, 2.45) is 0 Å². The van der Waals surface area contributed by atoms with Crippen LogP contribution in [0.5, 0.6) is 5.75 Å². The first-order chi connectivity index (χ1) is 8.94. The number of rotatable bonds is 2. The lowest BCUT2D eigenvalue weighted by molar-refractivity contribution is -0.141. The van der Waals surface area contributed by atoms with Crippen LogP contribution in [0.4, 0.5) is 13.2 Å². The summed E-state index contributed by atoms with van der Waals surface area (Å²) in [7, 11) is 1.44. The molecular formula is C13H14F3NO2. The summed E-state index contributed by atoms with van der Waals surface area (Å²) in [5, 5.41) is 3.18. The molecule has 2 bridgehead atoms. The number of alkyl halides is 3. The van der Waals surface area contributed by atoms with Crippen molar-refractivity contribution >= 4 is 0 Å². The first kappa shape index (κ1) is 12.7. The van der Waals surface area contributed by atoms with Gasteiger partial charge < -0.3 is 14.8 Å². The van der Waals surface area contributed by atoms with E-state index in [2.05, 4.69) is 5.32 Å². The molecule has 0 saturated carbocycles. The van der Waals surface area contributed by atoms with E-state index in [4.69, 9.17) is 9.47 Å². The van der Waals surface area contributed by atoms with E-state index in [1.165, 1.54) is 19.2 Å². The number of halogens is 3. The molecule has 2 atom stereocenters. The number of hydrogen-bond acceptors (Lipinski definition) is 3. The predicted octanol–water partition coefficient (Wildman–Crippen LogP) is 2.30. The highest BCUT2D eigenvalue weighted by Crippen LogP contribution is 2.46. The summed E-state index contributed by atoms with van der Waals surface area (Å²) in [5.41, 5.74) is -1.34. The molecule has 1 unspecified atom stereocenters. The van der Waals surface area contributed by atoms with Gasteiger partial charge in [0.25, 0.3) is 0 Å². The zero-order valence-electron chi connectivity index (χ0n) is 10.4. The monoisotopic (exact) mass is 273 g/mol. The lowest BCUT2D eigenvalue weighted by Crippen LogP contribution is -2.38. The molecule has 2 aliphatic rings. The standard InChI is InChI=1S/C13H14F3NO2/c1-18-9-2-3-10(13(14,15)16)11(4-9)12-5-8(6-19-12)17-7-12/h2-4,8,17H,5-7H2,1H3/t8?,12-/m0/s1. The Balaban J connectivity index is 2.12. The van der Waals surface area contributed by atoms with Crippen molar-refractivity contribution in [2.75, 3.05) is 20.3 Å². The first-order valence-corrected chi connectivity index (χ1v) is 6.08. The first-order valence-electron chi connectivity index (χ1n) is 6.08. The Morgan fingerprint density at radius 2 is 2.21 bits per heavy atom. The van der Waals surface area contributed by atoms with Crippen LogP contribution in [0.3, 0.4) is 0 Å². The molecule has 0 aliphatic carbocycles. The fraction of sp³-hybridized carbons (Fsp3) is 0.538. The summed E-state index contributed by atoms with van der Waals surface area (Å²) in [4.78, 5) is 0. The van der Waals surface area contributed by atoms with Gasteiger partial charge in [0.05, 0.1) is 19.3 Å². The third-order valence-electron chi connectivity index (χ3n) is 3.84. The fourth-order valence-corrected chi connectivity index (χ4v) is 2.90. The summed E-state index contributed by atoms with van der Waals surface area (Å²) in [6.45, 7) is 0.864. The number of nitrogens with one attached hydrogen (secondary N) is 1. The van der Waals surface area contributed by atoms with Gasteiger partial charge in [-0.2, -0.15) is 13.2 Å². The van der Waals surface area contributed by atoms with E-state index < -0.39 is 17.3 Å². The van der Waals surface area contributed by atoms with Gasteiger partial charge in [-0.3, -0.25) is 0 Å². The summed E-state index contributed by atoms with van der Waals surface area (Å²) in [6.07, 6.45) is -3.82. The van der Waals surface area contributed by atoms with Crippen molar-refractivity contribution in [3.63, 3.8) is 0 Å². The van der Waals surface area contributed by atoms with E-state index in [0.717, 1.165) is 6.07 Å². The van der Waals surface area contributed by atoms with Crippen LogP contribution in [0.1, 0.15) is 17.5 Å². The van der Waals surface area contributed by atoms with Crippen molar-refractivity contribution in [3.05, 3.63) is 29.3 Å². The molecule has 2 fully saturated rings. The average molecular weight is 273 g/mol. The minimum atomic E-state index is -4.39. The molecule has 2 aliphatic heterocycles. The van der Waals surface area contributed by atoms with Gasteiger partial charge in [0, 0.05) is 18.2 Å². The third-order valence-corrected chi connectivity index (χ3v) is 3.84. The fourth-order valence-electron chi connectivity index (χ4n) is 2.90. The number of morpholine rings is 1. The summed E-state index contributed by atoms with van der Waals surface area (Å²) < 4.78 is 50.1. The molecule has 0 amide bonds. The zero-order chi connectivity index (χ0) is 13.7. The molecule has 104 valence electrons. The van der Waals surface area contributed by atoms with E-state index in [9.17, 15) is 13.2 Å². The summed E-state index contributed by atoms with van der Waals surface area (Å²) >= 11 is 0. The van der Waals surface area contributed by atoms with Crippen LogP contribution >= 0.6 is 0 Å². The van der Waals surface area contributed by atoms with E-state index in [1.807, 2.05) is 0 Å². The Morgan fingerprint density at radius 1 is 1.42 bits per heavy atom. The molecule has 0 spiro atoms. The lowest BCUT2D eigenvalue weighted by atomic mass is 9.88. The maximum atomic E-state index is 13.1. The molecule has 3 nitrogen and oxygen atoms in total. The lowest BCUT2D eigenvalue weighted by Gasteiger charge is -2.30. The molecule has 2 saturated heterocycles. The van der Waals surface area contributed by atoms with Crippen LogP contribution in [0.2, 0.25) is 0 Å². The van der Waals surface area contributed by atoms with E-state index >= 15 is 0 Å². The van der Waals surface area contributed by atoms with Gasteiger partial charge in [0.1, 0.15) is 11.4 Å². The summed E-state index contributed by atoms with van der Waals surface area (Å²) in [5.74, 6) is 0.413. The van der Waals surface area contributed by atoms with Gasteiger partial charge >= 0.3 is 6.18 Å². The molecule has 0 aromatic heterocycles. The number of methoxy groups -OCH3 is 1. The average Bonchev–Trinajstić information content (AvgIpc) is 2.98. The van der Waals surface area contributed by atoms with Crippen LogP contribution in [0.15, 0.2) is 18.2 Å². The van der Waals surface area contributed by atoms with Gasteiger partial charge in [-0.15, -0.1) is 0 Å². The largest absolute Gasteiger partial charge is 0.497 e. The second kappa shape index (κ2) is 4.11. The van der Waals surface area contributed by atoms with E-state index in [1.54, 1.807) is 0 Å². The van der Waals surface area contributed by atoms with Gasteiger partial charge in [0.15, 0.2) is 0 Å². The maximum absolute atomic E-state index is 13.1. The van der Waals surface area contributed by atoms with Crippen molar-refractivity contribution in [3.8, 4) is 5.75 Å². The molecule has 19 heavy (non-hydrogen) atoms. The van der Waals surface area contributed by atoms with Crippen LogP contribution in [-0.4, -0.2) is 26.3 Å². The Morgan fingerprint density at radius 3 is 2.68 bits per heavy atom. The molecule has 1 aromatic rings. The molecule has 1 N–H and O–H groups in total. The summed E-state index contributed by atoms with van der Waals surface area (Å²) in [6, 6.07) is 3.99. The Bertz CT molecular complexity index is 493. The molecule has 6 heteroatoms. The molecule has 2 heterocycles. The topological polar surface area (TPSA) is 30.5 Å². The Kier molecular flexibility index (Phi) is 2.76. The number of fused-ring (bicyclic) bond motifs is 2. The normalized spacial score (nSPS) is 29.8. The minimum Gasteiger partial charge on any atom is -0.497 e. The highest BCUT2D eigenvalue weighted by molar-refractivity contribution is 5.42. The number of ether oxygens (including phenoxy) is 2. The molecule has 1 aromatic carbocycles. The van der Waals surface area contributed by atoms with Crippen LogP contribution in [0.25, 0.3) is 0 Å². The van der Waals surface area contributed by atoms with Crippen LogP contribution in [0, 0.1) is 0 Å². The Labute approximate surface area is 108 Å². The van der Waals surface area contributed by atoms with Gasteiger partial charge in [-0.25, -0.2) is 0 Å². The minimum absolute atomic E-state index is 0.146. The predicted molar refractivity (Wildman–Crippen MR) is 62.0 cm³/mol. The van der Waals surface area contributed by atoms with Gasteiger partial charge in [0.2, 0.25) is 0 Å². The number of benzene rings is 1. The van der Waals surface area contributed by atoms with Crippen LogP contribution in [-0.2, 0) is 16.5 Å². The van der Waals surface area contributed by atoms with E-state index in [-0.39, 0.29) is 11.6 Å². The molecule has 3 rings (SSSR count). The quantitative estimate of drug-likeness (QED) is 0.897. The molecule has 0 radical (unpaired) electrons. The highest BCUT2D eigenvalue weighted by atomic mass is 19.4. The van der Waals surface area contributed by atoms with Crippen molar-refractivity contribution < 1.29 is 22.6 Å². The van der Waals surface area contributed by atoms with E-state index in [0.29, 0.717) is 25.3 Å². The highest BCUT2D eigenvalue weighted by Gasteiger charge is 2.51. The molecular weight excluding hydrogens is 259 g/mol. The third kappa shape index (κ3) is 1.99. The number of hydrogen-bond donors (Lipinski definition) is 1.